The molecule has 1 atom stereocenters. The minimum absolute atomic E-state index is 0.0294. The molecule has 0 spiro atoms. The van der Waals surface area contributed by atoms with Crippen LogP contribution < -0.4 is 14.8 Å². The van der Waals surface area contributed by atoms with E-state index >= 15 is 0 Å². The van der Waals surface area contributed by atoms with Crippen molar-refractivity contribution in [2.75, 3.05) is 6.79 Å². The molecule has 32 heavy (non-hydrogen) atoms. The van der Waals surface area contributed by atoms with Crippen molar-refractivity contribution in [1.29, 1.82) is 0 Å². The highest BCUT2D eigenvalue weighted by Gasteiger charge is 2.28. The molecule has 170 valence electrons. The van der Waals surface area contributed by atoms with Crippen LogP contribution in [0.4, 0.5) is 0 Å². The third-order valence-corrected chi connectivity index (χ3v) is 6.37. The molecule has 0 radical (unpaired) electrons. The Morgan fingerprint density at radius 2 is 1.84 bits per heavy atom. The Bertz CT molecular complexity index is 968. The van der Waals surface area contributed by atoms with E-state index in [4.69, 9.17) is 9.47 Å². The van der Waals surface area contributed by atoms with Crippen LogP contribution >= 0.6 is 0 Å². The Balaban J connectivity index is 1.45. The van der Waals surface area contributed by atoms with Gasteiger partial charge in [-0.3, -0.25) is 9.59 Å². The normalized spacial score (nSPS) is 16.1. The van der Waals surface area contributed by atoms with Gasteiger partial charge in [0, 0.05) is 19.0 Å². The van der Waals surface area contributed by atoms with E-state index in [2.05, 4.69) is 11.4 Å². The molecule has 2 aromatic rings. The third kappa shape index (κ3) is 5.42. The zero-order valence-electron chi connectivity index (χ0n) is 18.9. The van der Waals surface area contributed by atoms with Gasteiger partial charge in [-0.2, -0.15) is 0 Å². The predicted molar refractivity (Wildman–Crippen MR) is 122 cm³/mol. The predicted octanol–water partition coefficient (Wildman–Crippen LogP) is 4.13. The maximum atomic E-state index is 13.3. The Morgan fingerprint density at radius 3 is 2.62 bits per heavy atom. The van der Waals surface area contributed by atoms with Gasteiger partial charge in [-0.05, 0) is 56.4 Å². The first-order chi connectivity index (χ1) is 15.5. The number of ether oxygens (including phenoxy) is 2. The van der Waals surface area contributed by atoms with Crippen molar-refractivity contribution in [3.8, 4) is 11.5 Å². The molecule has 2 amide bonds. The summed E-state index contributed by atoms with van der Waals surface area (Å²) in [6.45, 7) is 4.51. The monoisotopic (exact) mass is 436 g/mol. The molecule has 1 fully saturated rings. The van der Waals surface area contributed by atoms with E-state index in [0.717, 1.165) is 53.9 Å². The van der Waals surface area contributed by atoms with Crippen molar-refractivity contribution in [1.82, 2.24) is 10.2 Å². The van der Waals surface area contributed by atoms with Gasteiger partial charge in [0.2, 0.25) is 18.6 Å². The van der Waals surface area contributed by atoms with Gasteiger partial charge in [0.25, 0.3) is 0 Å². The Morgan fingerprint density at radius 1 is 1.06 bits per heavy atom. The quantitative estimate of drug-likeness (QED) is 0.676. The van der Waals surface area contributed by atoms with Gasteiger partial charge >= 0.3 is 0 Å². The first-order valence-corrected chi connectivity index (χ1v) is 11.5. The number of hydrogen-bond donors (Lipinski definition) is 1. The molecule has 0 saturated heterocycles. The van der Waals surface area contributed by atoms with Gasteiger partial charge in [0.1, 0.15) is 6.04 Å². The highest BCUT2D eigenvalue weighted by molar-refractivity contribution is 5.87. The van der Waals surface area contributed by atoms with Gasteiger partial charge < -0.3 is 19.7 Å². The molecule has 0 bridgehead atoms. The summed E-state index contributed by atoms with van der Waals surface area (Å²) in [6, 6.07) is 13.6. The van der Waals surface area contributed by atoms with Gasteiger partial charge in [-0.15, -0.1) is 0 Å². The minimum Gasteiger partial charge on any atom is -0.454 e. The summed E-state index contributed by atoms with van der Waals surface area (Å²) in [5.41, 5.74) is 3.18. The number of benzene rings is 2. The molecular weight excluding hydrogens is 404 g/mol. The zero-order chi connectivity index (χ0) is 22.5. The summed E-state index contributed by atoms with van der Waals surface area (Å²) in [7, 11) is 0. The molecule has 1 aliphatic heterocycles. The number of nitrogens with zero attached hydrogens (tertiary/aromatic N) is 1. The van der Waals surface area contributed by atoms with Crippen molar-refractivity contribution in [3.63, 3.8) is 0 Å². The fourth-order valence-corrected chi connectivity index (χ4v) is 4.47. The topological polar surface area (TPSA) is 67.9 Å². The van der Waals surface area contributed by atoms with E-state index in [-0.39, 0.29) is 24.6 Å². The molecule has 0 unspecified atom stereocenters. The lowest BCUT2D eigenvalue weighted by Crippen LogP contribution is -2.49. The summed E-state index contributed by atoms with van der Waals surface area (Å²) >= 11 is 0. The van der Waals surface area contributed by atoms with E-state index in [9.17, 15) is 9.59 Å². The largest absolute Gasteiger partial charge is 0.454 e. The maximum absolute atomic E-state index is 13.3. The Labute approximate surface area is 189 Å². The second kappa shape index (κ2) is 10.1. The van der Waals surface area contributed by atoms with Crippen LogP contribution in [-0.2, 0) is 22.6 Å². The van der Waals surface area contributed by atoms with Crippen LogP contribution in [0.3, 0.4) is 0 Å². The Kier molecular flexibility index (Phi) is 6.98. The third-order valence-electron chi connectivity index (χ3n) is 6.37. The number of fused-ring (bicyclic) bond motifs is 1. The number of amides is 2. The second-order valence-electron chi connectivity index (χ2n) is 8.86. The lowest BCUT2D eigenvalue weighted by Gasteiger charge is -2.30. The van der Waals surface area contributed by atoms with E-state index in [0.29, 0.717) is 19.4 Å². The fraction of sp³-hybridized carbons (Fsp3) is 0.462. The van der Waals surface area contributed by atoms with Crippen molar-refractivity contribution in [2.45, 2.75) is 71.0 Å². The van der Waals surface area contributed by atoms with Crippen molar-refractivity contribution in [3.05, 3.63) is 59.2 Å². The van der Waals surface area contributed by atoms with Gasteiger partial charge in [0.05, 0.1) is 0 Å². The van der Waals surface area contributed by atoms with E-state index in [1.165, 1.54) is 0 Å². The van der Waals surface area contributed by atoms with E-state index in [1.54, 1.807) is 4.90 Å². The van der Waals surface area contributed by atoms with Crippen molar-refractivity contribution in [2.24, 2.45) is 0 Å². The molecule has 1 heterocycles. The summed E-state index contributed by atoms with van der Waals surface area (Å²) in [4.78, 5) is 28.0. The first-order valence-electron chi connectivity index (χ1n) is 11.5. The summed E-state index contributed by atoms with van der Waals surface area (Å²) in [5, 5.41) is 3.15. The van der Waals surface area contributed by atoms with Gasteiger partial charge in [-0.25, -0.2) is 0 Å². The highest BCUT2D eigenvalue weighted by Crippen LogP contribution is 2.32. The molecule has 2 aliphatic rings. The molecule has 1 aliphatic carbocycles. The van der Waals surface area contributed by atoms with Crippen LogP contribution in [0.15, 0.2) is 42.5 Å². The fourth-order valence-electron chi connectivity index (χ4n) is 4.47. The number of rotatable bonds is 8. The van der Waals surface area contributed by atoms with Crippen LogP contribution in [0, 0.1) is 6.92 Å². The van der Waals surface area contributed by atoms with Crippen molar-refractivity contribution < 1.29 is 19.1 Å². The zero-order valence-corrected chi connectivity index (χ0v) is 18.9. The lowest BCUT2D eigenvalue weighted by atomic mass is 10.1. The Hall–Kier alpha value is -3.02. The molecular formula is C26H32N2O4. The molecule has 6 heteroatoms. The average Bonchev–Trinajstić information content (AvgIpc) is 3.47. The van der Waals surface area contributed by atoms with E-state index < -0.39 is 6.04 Å². The molecule has 1 N–H and O–H groups in total. The number of carbonyl (C=O) groups excluding carboxylic acids is 2. The SMILES string of the molecule is Cc1cccc(CN(C(=O)CCc2ccc3c(c2)OCO3)[C@@H](C)C(=O)NC2CCCC2)c1. The van der Waals surface area contributed by atoms with Crippen LogP contribution in [0.25, 0.3) is 0 Å². The number of carbonyl (C=O) groups is 2. The molecule has 6 nitrogen and oxygen atoms in total. The van der Waals surface area contributed by atoms with Crippen LogP contribution in [0.5, 0.6) is 11.5 Å². The van der Waals surface area contributed by atoms with Crippen molar-refractivity contribution >= 4 is 11.8 Å². The standard InChI is InChI=1S/C26H32N2O4/c1-18-6-5-7-21(14-18)16-28(19(2)26(30)27-22-8-3-4-9-22)25(29)13-11-20-10-12-23-24(15-20)32-17-31-23/h5-7,10,12,14-15,19,22H,3-4,8-9,11,13,16-17H2,1-2H3,(H,27,30)/t19-/m0/s1. The summed E-state index contributed by atoms with van der Waals surface area (Å²) in [5.74, 6) is 1.36. The van der Waals surface area contributed by atoms with Gasteiger partial charge in [-0.1, -0.05) is 48.7 Å². The highest BCUT2D eigenvalue weighted by atomic mass is 16.7. The number of nitrogens with one attached hydrogen (secondary N) is 1. The molecule has 2 aromatic carbocycles. The number of hydrogen-bond acceptors (Lipinski definition) is 4. The summed E-state index contributed by atoms with van der Waals surface area (Å²) in [6.07, 6.45) is 5.26. The van der Waals surface area contributed by atoms with Crippen LogP contribution in [0.2, 0.25) is 0 Å². The average molecular weight is 437 g/mol. The van der Waals surface area contributed by atoms with Gasteiger partial charge in [0.15, 0.2) is 11.5 Å². The molecule has 4 rings (SSSR count). The lowest BCUT2D eigenvalue weighted by molar-refractivity contribution is -0.140. The van der Waals surface area contributed by atoms with Crippen LogP contribution in [-0.4, -0.2) is 35.6 Å². The molecule has 0 aromatic heterocycles. The first kappa shape index (κ1) is 22.2. The van der Waals surface area contributed by atoms with Crippen LogP contribution in [0.1, 0.15) is 55.7 Å². The number of aryl methyl sites for hydroxylation is 2. The smallest absolute Gasteiger partial charge is 0.242 e. The van der Waals surface area contributed by atoms with E-state index in [1.807, 2.05) is 50.2 Å². The molecule has 1 saturated carbocycles. The summed E-state index contributed by atoms with van der Waals surface area (Å²) < 4.78 is 10.8. The maximum Gasteiger partial charge on any atom is 0.242 e. The second-order valence-corrected chi connectivity index (χ2v) is 8.86. The minimum atomic E-state index is -0.527.